The molecular formula is C12H22N2O3S2. The van der Waals surface area contributed by atoms with Gasteiger partial charge in [-0.1, -0.05) is 6.92 Å². The summed E-state index contributed by atoms with van der Waals surface area (Å²) in [6.07, 6.45) is 0. The summed E-state index contributed by atoms with van der Waals surface area (Å²) < 4.78 is 31.8. The van der Waals surface area contributed by atoms with E-state index >= 15 is 0 Å². The number of nitrogens with one attached hydrogen (secondary N) is 1. The molecule has 1 heterocycles. The van der Waals surface area contributed by atoms with Gasteiger partial charge < -0.3 is 10.1 Å². The molecule has 7 heteroatoms. The summed E-state index contributed by atoms with van der Waals surface area (Å²) in [6.45, 7) is 5.47. The van der Waals surface area contributed by atoms with E-state index in [1.165, 1.54) is 15.6 Å². The molecule has 1 N–H and O–H groups in total. The van der Waals surface area contributed by atoms with Crippen LogP contribution in [0.15, 0.2) is 10.3 Å². The maximum absolute atomic E-state index is 12.7. The highest BCUT2D eigenvalue weighted by Crippen LogP contribution is 2.29. The third kappa shape index (κ3) is 3.76. The second-order valence-corrected chi connectivity index (χ2v) is 7.03. The Hall–Kier alpha value is -0.470. The molecule has 0 saturated carbocycles. The van der Waals surface area contributed by atoms with Crippen molar-refractivity contribution in [3.63, 3.8) is 0 Å². The highest BCUT2D eigenvalue weighted by Gasteiger charge is 2.28. The molecule has 0 aliphatic heterocycles. The zero-order valence-electron chi connectivity index (χ0n) is 11.9. The van der Waals surface area contributed by atoms with Crippen LogP contribution in [-0.2, 0) is 21.3 Å². The number of hydrogen-bond acceptors (Lipinski definition) is 5. The van der Waals surface area contributed by atoms with E-state index in [2.05, 4.69) is 5.32 Å². The van der Waals surface area contributed by atoms with Crippen LogP contribution < -0.4 is 5.32 Å². The Balaban J connectivity index is 3.13. The van der Waals surface area contributed by atoms with Gasteiger partial charge in [-0.25, -0.2) is 8.42 Å². The topological polar surface area (TPSA) is 58.6 Å². The van der Waals surface area contributed by atoms with Crippen LogP contribution in [-0.4, -0.2) is 46.6 Å². The number of hydrogen-bond donors (Lipinski definition) is 1. The largest absolute Gasteiger partial charge is 0.383 e. The Labute approximate surface area is 119 Å². The predicted molar refractivity (Wildman–Crippen MR) is 78.1 cm³/mol. The van der Waals surface area contributed by atoms with Crippen LogP contribution in [0.2, 0.25) is 0 Å². The number of rotatable bonds is 8. The van der Waals surface area contributed by atoms with Gasteiger partial charge in [0.05, 0.1) is 6.61 Å². The van der Waals surface area contributed by atoms with Gasteiger partial charge in [0.15, 0.2) is 0 Å². The molecule has 0 aliphatic carbocycles. The van der Waals surface area contributed by atoms with Crippen LogP contribution in [0, 0.1) is 6.92 Å². The quantitative estimate of drug-likeness (QED) is 0.789. The molecule has 0 unspecified atom stereocenters. The van der Waals surface area contributed by atoms with E-state index in [9.17, 15) is 8.42 Å². The summed E-state index contributed by atoms with van der Waals surface area (Å²) in [4.78, 5) is 1.31. The minimum atomic E-state index is -3.44. The Morgan fingerprint density at radius 3 is 2.68 bits per heavy atom. The van der Waals surface area contributed by atoms with Crippen molar-refractivity contribution in [3.05, 3.63) is 15.8 Å². The van der Waals surface area contributed by atoms with E-state index in [-0.39, 0.29) is 0 Å². The number of sulfonamides is 1. The molecule has 19 heavy (non-hydrogen) atoms. The minimum absolute atomic E-state index is 0.379. The molecule has 5 nitrogen and oxygen atoms in total. The summed E-state index contributed by atoms with van der Waals surface area (Å²) in [5.41, 5.74) is 0.811. The van der Waals surface area contributed by atoms with E-state index in [1.807, 2.05) is 26.3 Å². The van der Waals surface area contributed by atoms with Gasteiger partial charge in [0.25, 0.3) is 0 Å². The highest BCUT2D eigenvalue weighted by molar-refractivity contribution is 7.89. The number of thiophene rings is 1. The Bertz CT molecular complexity index is 497. The highest BCUT2D eigenvalue weighted by atomic mass is 32.2. The standard InChI is InChI=1S/C12H22N2O3S2/c1-5-14(6-7-17-4)19(15,16)12-10(2)9-18-11(12)8-13-3/h9,13H,5-8H2,1-4H3. The molecule has 0 bridgehead atoms. The van der Waals surface area contributed by atoms with E-state index in [0.717, 1.165) is 10.4 Å². The number of likely N-dealkylation sites (N-methyl/N-ethyl adjacent to an activating group) is 1. The fraction of sp³-hybridized carbons (Fsp3) is 0.667. The van der Waals surface area contributed by atoms with Crippen LogP contribution in [0.4, 0.5) is 0 Å². The summed E-state index contributed by atoms with van der Waals surface area (Å²) in [5.74, 6) is 0. The van der Waals surface area contributed by atoms with Gasteiger partial charge in [0.2, 0.25) is 10.0 Å². The Morgan fingerprint density at radius 2 is 2.16 bits per heavy atom. The van der Waals surface area contributed by atoms with E-state index in [0.29, 0.717) is 31.1 Å². The predicted octanol–water partition coefficient (Wildman–Crippen LogP) is 1.43. The molecule has 0 aliphatic rings. The molecule has 0 radical (unpaired) electrons. The van der Waals surface area contributed by atoms with Crippen molar-refractivity contribution in [2.24, 2.45) is 0 Å². The molecule has 0 amide bonds. The van der Waals surface area contributed by atoms with Crippen molar-refractivity contribution in [3.8, 4) is 0 Å². The van der Waals surface area contributed by atoms with Crippen LogP contribution in [0.3, 0.4) is 0 Å². The third-order valence-electron chi connectivity index (χ3n) is 2.82. The van der Waals surface area contributed by atoms with Crippen molar-refractivity contribution >= 4 is 21.4 Å². The first-order chi connectivity index (χ1) is 8.98. The maximum atomic E-state index is 12.7. The second kappa shape index (κ2) is 7.35. The first-order valence-corrected chi connectivity index (χ1v) is 8.51. The van der Waals surface area contributed by atoms with E-state index in [1.54, 1.807) is 7.11 Å². The summed E-state index contributed by atoms with van der Waals surface area (Å²) in [6, 6.07) is 0. The third-order valence-corrected chi connectivity index (χ3v) is 6.26. The Kier molecular flexibility index (Phi) is 6.41. The molecule has 1 rings (SSSR count). The average Bonchev–Trinajstić information content (AvgIpc) is 2.72. The van der Waals surface area contributed by atoms with Gasteiger partial charge in [-0.05, 0) is 24.9 Å². The van der Waals surface area contributed by atoms with Crippen molar-refractivity contribution in [1.82, 2.24) is 9.62 Å². The van der Waals surface area contributed by atoms with Crippen LogP contribution in [0.1, 0.15) is 17.4 Å². The second-order valence-electron chi connectivity index (χ2n) is 4.19. The number of ether oxygens (including phenoxy) is 1. The van der Waals surface area contributed by atoms with Crippen molar-refractivity contribution < 1.29 is 13.2 Å². The Morgan fingerprint density at radius 1 is 1.47 bits per heavy atom. The molecule has 0 fully saturated rings. The number of nitrogens with zero attached hydrogens (tertiary/aromatic N) is 1. The average molecular weight is 306 g/mol. The lowest BCUT2D eigenvalue weighted by atomic mass is 10.3. The van der Waals surface area contributed by atoms with Gasteiger partial charge in [-0.15, -0.1) is 11.3 Å². The van der Waals surface area contributed by atoms with Crippen molar-refractivity contribution in [1.29, 1.82) is 0 Å². The van der Waals surface area contributed by atoms with Crippen LogP contribution in [0.5, 0.6) is 0 Å². The lowest BCUT2D eigenvalue weighted by Gasteiger charge is -2.21. The van der Waals surface area contributed by atoms with E-state index < -0.39 is 10.0 Å². The summed E-state index contributed by atoms with van der Waals surface area (Å²) in [7, 11) is -0.0542. The SMILES string of the molecule is CCN(CCOC)S(=O)(=O)c1c(C)csc1CNC. The zero-order valence-corrected chi connectivity index (χ0v) is 13.5. The molecule has 1 aromatic rings. The molecule has 1 aromatic heterocycles. The molecule has 0 spiro atoms. The van der Waals surface area contributed by atoms with Crippen LogP contribution >= 0.6 is 11.3 Å². The normalized spacial score (nSPS) is 12.3. The fourth-order valence-corrected chi connectivity index (χ4v) is 5.09. The molecule has 0 saturated heterocycles. The van der Waals surface area contributed by atoms with Crippen molar-refractivity contribution in [2.75, 3.05) is 33.9 Å². The lowest BCUT2D eigenvalue weighted by molar-refractivity contribution is 0.180. The zero-order chi connectivity index (χ0) is 14.5. The first-order valence-electron chi connectivity index (χ1n) is 6.19. The smallest absolute Gasteiger partial charge is 0.244 e. The van der Waals surface area contributed by atoms with E-state index in [4.69, 9.17) is 4.74 Å². The first kappa shape index (κ1) is 16.6. The molecule has 0 aromatic carbocycles. The van der Waals surface area contributed by atoms with Gasteiger partial charge in [-0.2, -0.15) is 4.31 Å². The molecular weight excluding hydrogens is 284 g/mol. The minimum Gasteiger partial charge on any atom is -0.383 e. The molecule has 0 atom stereocenters. The summed E-state index contributed by atoms with van der Waals surface area (Å²) >= 11 is 1.48. The lowest BCUT2D eigenvalue weighted by Crippen LogP contribution is -2.34. The maximum Gasteiger partial charge on any atom is 0.244 e. The summed E-state index contributed by atoms with van der Waals surface area (Å²) in [5, 5.41) is 4.91. The fourth-order valence-electron chi connectivity index (χ4n) is 1.89. The van der Waals surface area contributed by atoms with Gasteiger partial charge >= 0.3 is 0 Å². The molecule has 110 valence electrons. The number of methoxy groups -OCH3 is 1. The van der Waals surface area contributed by atoms with Gasteiger partial charge in [0, 0.05) is 31.6 Å². The van der Waals surface area contributed by atoms with Gasteiger partial charge in [0.1, 0.15) is 4.90 Å². The van der Waals surface area contributed by atoms with Crippen LogP contribution in [0.25, 0.3) is 0 Å². The van der Waals surface area contributed by atoms with Crippen molar-refractivity contribution in [2.45, 2.75) is 25.3 Å². The number of aryl methyl sites for hydroxylation is 1. The van der Waals surface area contributed by atoms with Gasteiger partial charge in [-0.3, -0.25) is 0 Å². The monoisotopic (exact) mass is 306 g/mol.